The monoisotopic (exact) mass is 522 g/mol. The number of fused-ring (bicyclic) bond motifs is 1. The Balaban J connectivity index is 1.69. The Kier molecular flexibility index (Phi) is 7.88. The number of hydrogen-bond donors (Lipinski definition) is 0. The van der Waals surface area contributed by atoms with E-state index in [2.05, 4.69) is 4.90 Å². The molecule has 2 aromatic heterocycles. The molecule has 1 aliphatic rings. The molecule has 1 saturated heterocycles. The lowest BCUT2D eigenvalue weighted by Crippen LogP contribution is -2.53. The normalized spacial score (nSPS) is 17.4. The predicted octanol–water partition coefficient (Wildman–Crippen LogP) is 3.89. The van der Waals surface area contributed by atoms with Crippen molar-refractivity contribution in [3.8, 4) is 5.75 Å². The third kappa shape index (κ3) is 5.13. The second-order valence-electron chi connectivity index (χ2n) is 8.51. The summed E-state index contributed by atoms with van der Waals surface area (Å²) in [5, 5.41) is 2.32. The molecule has 0 radical (unpaired) electrons. The summed E-state index contributed by atoms with van der Waals surface area (Å²) in [5.74, 6) is 0.442. The van der Waals surface area contributed by atoms with Crippen molar-refractivity contribution in [1.29, 1.82) is 0 Å². The number of aromatic nitrogens is 1. The fourth-order valence-electron chi connectivity index (χ4n) is 4.18. The van der Waals surface area contributed by atoms with Crippen molar-refractivity contribution in [2.45, 2.75) is 35.9 Å². The summed E-state index contributed by atoms with van der Waals surface area (Å²) in [4.78, 5) is 22.5. The number of thiophene rings is 1. The number of hydrogen-bond acceptors (Lipinski definition) is 8. The number of rotatable bonds is 9. The van der Waals surface area contributed by atoms with Crippen molar-refractivity contribution in [3.63, 3.8) is 0 Å². The van der Waals surface area contributed by atoms with Gasteiger partial charge in [0.2, 0.25) is 5.91 Å². The van der Waals surface area contributed by atoms with Crippen LogP contribution in [-0.2, 0) is 14.8 Å². The number of methoxy groups -OCH3 is 1. The lowest BCUT2D eigenvalue weighted by Gasteiger charge is -2.36. The minimum absolute atomic E-state index is 0.211. The van der Waals surface area contributed by atoms with Crippen molar-refractivity contribution in [2.75, 3.05) is 45.7 Å². The average molecular weight is 523 g/mol. The number of para-hydroxylation sites is 1. The summed E-state index contributed by atoms with van der Waals surface area (Å²) in [6, 6.07) is 8.29. The van der Waals surface area contributed by atoms with Gasteiger partial charge in [-0.2, -0.15) is 4.31 Å². The van der Waals surface area contributed by atoms with E-state index in [0.29, 0.717) is 35.9 Å². The van der Waals surface area contributed by atoms with Gasteiger partial charge in [-0.1, -0.05) is 29.9 Å². The molecule has 3 heterocycles. The Labute approximate surface area is 208 Å². The average Bonchev–Trinajstić information content (AvgIpc) is 3.51. The van der Waals surface area contributed by atoms with Crippen LogP contribution in [0.4, 0.5) is 5.13 Å². The molecule has 3 aromatic rings. The molecule has 1 amide bonds. The zero-order chi connectivity index (χ0) is 24.3. The maximum Gasteiger partial charge on any atom is 0.253 e. The van der Waals surface area contributed by atoms with Crippen molar-refractivity contribution < 1.29 is 17.9 Å². The largest absolute Gasteiger partial charge is 0.494 e. The highest BCUT2D eigenvalue weighted by molar-refractivity contribution is 7.91. The maximum absolute atomic E-state index is 14.0. The number of amides is 1. The van der Waals surface area contributed by atoms with Gasteiger partial charge in [0.15, 0.2) is 5.13 Å². The lowest BCUT2D eigenvalue weighted by molar-refractivity contribution is -0.123. The number of sulfonamides is 1. The molecule has 8 nitrogen and oxygen atoms in total. The fourth-order valence-corrected chi connectivity index (χ4v) is 7.97. The predicted molar refractivity (Wildman–Crippen MR) is 138 cm³/mol. The molecule has 4 rings (SSSR count). The highest BCUT2D eigenvalue weighted by Gasteiger charge is 2.40. The van der Waals surface area contributed by atoms with Gasteiger partial charge >= 0.3 is 0 Å². The van der Waals surface area contributed by atoms with Gasteiger partial charge in [0.05, 0.1) is 11.8 Å². The standard InChI is InChI=1S/C23H30N4O4S3/c1-25(2)13-8-14-26(23-24-21-18(31-3)10-6-11-19(21)33-23)22(28)17-9-4-5-15-27(17)34(29,30)20-12-7-16-32-20/h6-7,10-12,16-17H,4-5,8-9,13-15H2,1-3H3. The third-order valence-corrected chi connectivity index (χ3v) is 10.2. The number of benzene rings is 1. The van der Waals surface area contributed by atoms with Crippen LogP contribution in [0.1, 0.15) is 25.7 Å². The van der Waals surface area contributed by atoms with E-state index in [1.165, 1.54) is 27.0 Å². The Hall–Kier alpha value is -2.05. The van der Waals surface area contributed by atoms with E-state index in [-0.39, 0.29) is 10.1 Å². The smallest absolute Gasteiger partial charge is 0.253 e. The molecule has 1 unspecified atom stereocenters. The molecule has 1 fully saturated rings. The first-order valence-electron chi connectivity index (χ1n) is 11.3. The van der Waals surface area contributed by atoms with E-state index in [0.717, 1.165) is 30.5 Å². The van der Waals surface area contributed by atoms with Crippen LogP contribution < -0.4 is 9.64 Å². The van der Waals surface area contributed by atoms with Crippen LogP contribution in [0, 0.1) is 0 Å². The zero-order valence-electron chi connectivity index (χ0n) is 19.6. The number of carbonyl (C=O) groups is 1. The van der Waals surface area contributed by atoms with E-state index in [9.17, 15) is 13.2 Å². The minimum Gasteiger partial charge on any atom is -0.494 e. The summed E-state index contributed by atoms with van der Waals surface area (Å²) in [7, 11) is 1.84. The van der Waals surface area contributed by atoms with E-state index >= 15 is 0 Å². The number of piperidine rings is 1. The van der Waals surface area contributed by atoms with Gasteiger partial charge in [0, 0.05) is 13.1 Å². The van der Waals surface area contributed by atoms with Gasteiger partial charge in [-0.05, 0) is 63.5 Å². The molecule has 0 saturated carbocycles. The number of ether oxygens (including phenoxy) is 1. The maximum atomic E-state index is 14.0. The molecular formula is C23H30N4O4S3. The Morgan fingerprint density at radius 2 is 2.03 bits per heavy atom. The number of carbonyl (C=O) groups excluding carboxylic acids is 1. The molecule has 11 heteroatoms. The van der Waals surface area contributed by atoms with Gasteiger partial charge < -0.3 is 9.64 Å². The molecule has 34 heavy (non-hydrogen) atoms. The Morgan fingerprint density at radius 1 is 1.21 bits per heavy atom. The third-order valence-electron chi connectivity index (χ3n) is 5.87. The fraction of sp³-hybridized carbons (Fsp3) is 0.478. The molecule has 184 valence electrons. The van der Waals surface area contributed by atoms with Gasteiger partial charge in [-0.25, -0.2) is 13.4 Å². The summed E-state index contributed by atoms with van der Waals surface area (Å²) < 4.78 is 34.8. The second kappa shape index (κ2) is 10.7. The van der Waals surface area contributed by atoms with Gasteiger partial charge in [-0.3, -0.25) is 9.69 Å². The number of nitrogens with zero attached hydrogens (tertiary/aromatic N) is 4. The van der Waals surface area contributed by atoms with E-state index in [1.54, 1.807) is 29.5 Å². The topological polar surface area (TPSA) is 83.0 Å². The molecule has 1 aliphatic heterocycles. The molecule has 0 N–H and O–H groups in total. The van der Waals surface area contributed by atoms with E-state index in [1.807, 2.05) is 32.3 Å². The van der Waals surface area contributed by atoms with Crippen LogP contribution in [0.25, 0.3) is 10.2 Å². The van der Waals surface area contributed by atoms with Gasteiger partial charge in [-0.15, -0.1) is 11.3 Å². The van der Waals surface area contributed by atoms with Crippen LogP contribution in [-0.4, -0.2) is 75.4 Å². The first kappa shape index (κ1) is 25.1. The number of anilines is 1. The lowest BCUT2D eigenvalue weighted by atomic mass is 10.0. The first-order chi connectivity index (χ1) is 16.3. The van der Waals surface area contributed by atoms with Crippen molar-refractivity contribution in [1.82, 2.24) is 14.2 Å². The number of thiazole rings is 1. The molecular weight excluding hydrogens is 492 g/mol. The van der Waals surface area contributed by atoms with Crippen LogP contribution in [0.15, 0.2) is 39.9 Å². The van der Waals surface area contributed by atoms with Crippen LogP contribution in [0.2, 0.25) is 0 Å². The summed E-state index contributed by atoms with van der Waals surface area (Å²) >= 11 is 2.61. The highest BCUT2D eigenvalue weighted by atomic mass is 32.2. The van der Waals surface area contributed by atoms with Gasteiger partial charge in [0.1, 0.15) is 21.5 Å². The van der Waals surface area contributed by atoms with Crippen LogP contribution >= 0.6 is 22.7 Å². The molecule has 0 spiro atoms. The van der Waals surface area contributed by atoms with Gasteiger partial charge in [0.25, 0.3) is 10.0 Å². The van der Waals surface area contributed by atoms with Crippen LogP contribution in [0.5, 0.6) is 5.75 Å². The zero-order valence-corrected chi connectivity index (χ0v) is 22.1. The summed E-state index contributed by atoms with van der Waals surface area (Å²) in [6.45, 7) is 1.61. The van der Waals surface area contributed by atoms with Crippen LogP contribution in [0.3, 0.4) is 0 Å². The summed E-state index contributed by atoms with van der Waals surface area (Å²) in [6.07, 6.45) is 2.80. The second-order valence-corrected chi connectivity index (χ2v) is 12.6. The summed E-state index contributed by atoms with van der Waals surface area (Å²) in [5.41, 5.74) is 0.710. The Bertz CT molecular complexity index is 1220. The van der Waals surface area contributed by atoms with Crippen molar-refractivity contribution in [3.05, 3.63) is 35.7 Å². The van der Waals surface area contributed by atoms with E-state index < -0.39 is 16.1 Å². The first-order valence-corrected chi connectivity index (χ1v) is 14.4. The minimum atomic E-state index is -3.74. The Morgan fingerprint density at radius 3 is 2.74 bits per heavy atom. The molecule has 1 aromatic carbocycles. The van der Waals surface area contributed by atoms with Crippen molar-refractivity contribution in [2.24, 2.45) is 0 Å². The van der Waals surface area contributed by atoms with Crippen molar-refractivity contribution >= 4 is 54.0 Å². The molecule has 0 aliphatic carbocycles. The van der Waals surface area contributed by atoms with E-state index in [4.69, 9.17) is 9.72 Å². The quantitative estimate of drug-likeness (QED) is 0.424. The highest BCUT2D eigenvalue weighted by Crippen LogP contribution is 2.36. The molecule has 0 bridgehead atoms. The molecule has 1 atom stereocenters. The SMILES string of the molecule is COc1cccc2sc(N(CCCN(C)C)C(=O)C3CCCCN3S(=O)(=O)c3cccs3)nc12.